The number of methoxy groups -OCH3 is 1. The van der Waals surface area contributed by atoms with E-state index < -0.39 is 0 Å². The highest BCUT2D eigenvalue weighted by Crippen LogP contribution is 2.25. The molecule has 0 fully saturated rings. The molecule has 0 unspecified atom stereocenters. The minimum Gasteiger partial charge on any atom is -0.466 e. The first-order chi connectivity index (χ1) is 10.1. The zero-order valence-corrected chi connectivity index (χ0v) is 13.4. The Bertz CT molecular complexity index is 607. The van der Waals surface area contributed by atoms with E-state index >= 15 is 0 Å². The summed E-state index contributed by atoms with van der Waals surface area (Å²) in [5.74, 6) is 0.0370. The van der Waals surface area contributed by atoms with Gasteiger partial charge in [0.05, 0.1) is 7.11 Å². The summed E-state index contributed by atoms with van der Waals surface area (Å²) in [6.07, 6.45) is 2.38. The van der Waals surface area contributed by atoms with Crippen molar-refractivity contribution in [3.8, 4) is 10.4 Å². The lowest BCUT2D eigenvalue weighted by molar-refractivity contribution is -0.134. The Kier molecular flexibility index (Phi) is 5.34. The molecule has 110 valence electrons. The summed E-state index contributed by atoms with van der Waals surface area (Å²) in [5.41, 5.74) is 3.53. The Labute approximate surface area is 130 Å². The number of ether oxygens (including phenoxy) is 1. The van der Waals surface area contributed by atoms with Gasteiger partial charge >= 0.3 is 5.97 Å². The summed E-state index contributed by atoms with van der Waals surface area (Å²) in [6.45, 7) is 4.18. The topological polar surface area (TPSA) is 26.3 Å². The summed E-state index contributed by atoms with van der Waals surface area (Å²) in [5, 5.41) is 2.08. The van der Waals surface area contributed by atoms with Gasteiger partial charge in [-0.05, 0) is 34.9 Å². The summed E-state index contributed by atoms with van der Waals surface area (Å²) in [6, 6.07) is 12.7. The molecule has 0 radical (unpaired) electrons. The predicted octanol–water partition coefficient (Wildman–Crippen LogP) is 4.71. The van der Waals surface area contributed by atoms with Crippen molar-refractivity contribution in [3.05, 3.63) is 59.0 Å². The second-order valence-corrected chi connectivity index (χ2v) is 6.20. The molecule has 2 nitrogen and oxygen atoms in total. The molecule has 3 heteroatoms. The molecule has 2 rings (SSSR count). The molecular weight excluding hydrogens is 280 g/mol. The molecule has 0 aliphatic rings. The third kappa shape index (κ3) is 4.30. The van der Waals surface area contributed by atoms with E-state index in [9.17, 15) is 4.79 Å². The van der Waals surface area contributed by atoms with Crippen molar-refractivity contribution in [1.82, 2.24) is 0 Å². The summed E-state index contributed by atoms with van der Waals surface area (Å²) in [4.78, 5) is 12.7. The molecule has 0 N–H and O–H groups in total. The van der Waals surface area contributed by atoms with Crippen LogP contribution in [-0.2, 0) is 16.0 Å². The predicted molar refractivity (Wildman–Crippen MR) is 88.4 cm³/mol. The zero-order valence-electron chi connectivity index (χ0n) is 12.6. The Morgan fingerprint density at radius 3 is 2.48 bits per heavy atom. The van der Waals surface area contributed by atoms with Crippen LogP contribution in [0.4, 0.5) is 0 Å². The van der Waals surface area contributed by atoms with E-state index in [0.717, 1.165) is 12.0 Å². The lowest BCUT2D eigenvalue weighted by Crippen LogP contribution is -2.04. The van der Waals surface area contributed by atoms with Crippen molar-refractivity contribution in [1.29, 1.82) is 0 Å². The number of carbonyl (C=O) groups excluding carboxylic acids is 1. The molecule has 1 aromatic carbocycles. The average Bonchev–Trinajstić information content (AvgIpc) is 3.01. The maximum absolute atomic E-state index is 11.4. The Balaban J connectivity index is 2.15. The van der Waals surface area contributed by atoms with Crippen LogP contribution < -0.4 is 0 Å². The van der Waals surface area contributed by atoms with E-state index in [0.29, 0.717) is 5.92 Å². The third-order valence-corrected chi connectivity index (χ3v) is 4.33. The molecule has 0 atom stereocenters. The number of rotatable bonds is 5. The van der Waals surface area contributed by atoms with Gasteiger partial charge in [0.25, 0.3) is 0 Å². The van der Waals surface area contributed by atoms with Gasteiger partial charge in [0.1, 0.15) is 0 Å². The van der Waals surface area contributed by atoms with Gasteiger partial charge in [-0.15, -0.1) is 11.3 Å². The molecule has 0 saturated carbocycles. The Morgan fingerprint density at radius 1 is 1.24 bits per heavy atom. The molecule has 0 aliphatic heterocycles. The fourth-order valence-electron chi connectivity index (χ4n) is 2.10. The van der Waals surface area contributed by atoms with Crippen molar-refractivity contribution in [3.63, 3.8) is 0 Å². The first kappa shape index (κ1) is 15.5. The number of hydrogen-bond donors (Lipinski definition) is 0. The molecule has 0 bridgehead atoms. The highest BCUT2D eigenvalue weighted by molar-refractivity contribution is 7.13. The van der Waals surface area contributed by atoms with Crippen molar-refractivity contribution >= 4 is 17.3 Å². The smallest absolute Gasteiger partial charge is 0.330 e. The lowest BCUT2D eigenvalue weighted by Gasteiger charge is -2.11. The maximum atomic E-state index is 11.4. The summed E-state index contributed by atoms with van der Waals surface area (Å²) in [7, 11) is 1.41. The van der Waals surface area contributed by atoms with Crippen LogP contribution in [-0.4, -0.2) is 13.1 Å². The van der Waals surface area contributed by atoms with E-state index in [4.69, 9.17) is 4.74 Å². The fraction of sp³-hybridized carbons (Fsp3) is 0.278. The first-order valence-corrected chi connectivity index (χ1v) is 7.89. The molecule has 21 heavy (non-hydrogen) atoms. The van der Waals surface area contributed by atoms with E-state index in [-0.39, 0.29) is 5.97 Å². The van der Waals surface area contributed by atoms with E-state index in [1.165, 1.54) is 23.1 Å². The minimum absolute atomic E-state index is 0.283. The fourth-order valence-corrected chi connectivity index (χ4v) is 2.83. The lowest BCUT2D eigenvalue weighted by atomic mass is 9.95. The number of allylic oxidation sites excluding steroid dienone is 1. The summed E-state index contributed by atoms with van der Waals surface area (Å²) < 4.78 is 4.72. The largest absolute Gasteiger partial charge is 0.466 e. The summed E-state index contributed by atoms with van der Waals surface area (Å²) >= 11 is 1.74. The molecule has 0 aliphatic carbocycles. The Hall–Kier alpha value is -1.87. The van der Waals surface area contributed by atoms with Crippen LogP contribution >= 0.6 is 11.3 Å². The number of hydrogen-bond acceptors (Lipinski definition) is 3. The van der Waals surface area contributed by atoms with Gasteiger partial charge in [-0.1, -0.05) is 49.8 Å². The molecular formula is C18H20O2S. The standard InChI is InChI=1S/C18H20O2S/c1-13(2)16(12-18(19)20-3)11-14-6-8-15(9-7-14)17-5-4-10-21-17/h4-10,12-13H,11H2,1-3H3/b16-12-. The molecule has 0 spiro atoms. The van der Waals surface area contributed by atoms with Gasteiger partial charge in [0, 0.05) is 11.0 Å². The second-order valence-electron chi connectivity index (χ2n) is 5.25. The quantitative estimate of drug-likeness (QED) is 0.590. The van der Waals surface area contributed by atoms with Crippen LogP contribution in [0, 0.1) is 5.92 Å². The highest BCUT2D eigenvalue weighted by atomic mass is 32.1. The third-order valence-electron chi connectivity index (χ3n) is 3.41. The number of esters is 1. The van der Waals surface area contributed by atoms with Crippen molar-refractivity contribution < 1.29 is 9.53 Å². The first-order valence-electron chi connectivity index (χ1n) is 7.01. The van der Waals surface area contributed by atoms with Crippen LogP contribution in [0.1, 0.15) is 19.4 Å². The van der Waals surface area contributed by atoms with E-state index in [1.807, 2.05) is 0 Å². The second kappa shape index (κ2) is 7.23. The van der Waals surface area contributed by atoms with Crippen molar-refractivity contribution in [2.45, 2.75) is 20.3 Å². The molecule has 1 heterocycles. The van der Waals surface area contributed by atoms with Crippen LogP contribution in [0.15, 0.2) is 53.4 Å². The minimum atomic E-state index is -0.283. The number of benzene rings is 1. The van der Waals surface area contributed by atoms with Crippen molar-refractivity contribution in [2.24, 2.45) is 5.92 Å². The van der Waals surface area contributed by atoms with Gasteiger partial charge < -0.3 is 4.74 Å². The normalized spacial score (nSPS) is 11.7. The molecule has 0 amide bonds. The van der Waals surface area contributed by atoms with Crippen LogP contribution in [0.25, 0.3) is 10.4 Å². The van der Waals surface area contributed by atoms with Crippen LogP contribution in [0.5, 0.6) is 0 Å². The monoisotopic (exact) mass is 300 g/mol. The van der Waals surface area contributed by atoms with Crippen LogP contribution in [0.3, 0.4) is 0 Å². The van der Waals surface area contributed by atoms with Crippen LogP contribution in [0.2, 0.25) is 0 Å². The van der Waals surface area contributed by atoms with Gasteiger partial charge in [-0.25, -0.2) is 4.79 Å². The molecule has 1 aromatic heterocycles. The van der Waals surface area contributed by atoms with Gasteiger partial charge in [-0.2, -0.15) is 0 Å². The highest BCUT2D eigenvalue weighted by Gasteiger charge is 2.08. The van der Waals surface area contributed by atoms with Gasteiger partial charge in [0.2, 0.25) is 0 Å². The zero-order chi connectivity index (χ0) is 15.2. The SMILES string of the molecule is COC(=O)/C=C(/Cc1ccc(-c2cccs2)cc1)C(C)C. The number of carbonyl (C=O) groups is 1. The molecule has 2 aromatic rings. The average molecular weight is 300 g/mol. The Morgan fingerprint density at radius 2 is 1.95 bits per heavy atom. The van der Waals surface area contributed by atoms with E-state index in [1.54, 1.807) is 17.4 Å². The van der Waals surface area contributed by atoms with Crippen molar-refractivity contribution in [2.75, 3.05) is 7.11 Å². The van der Waals surface area contributed by atoms with E-state index in [2.05, 4.69) is 55.6 Å². The maximum Gasteiger partial charge on any atom is 0.330 e. The molecule has 0 saturated heterocycles. The van der Waals surface area contributed by atoms with Gasteiger partial charge in [-0.3, -0.25) is 0 Å². The number of thiophene rings is 1. The van der Waals surface area contributed by atoms with Gasteiger partial charge in [0.15, 0.2) is 0 Å².